The van der Waals surface area contributed by atoms with E-state index in [1.807, 2.05) is 0 Å². The Morgan fingerprint density at radius 1 is 1.44 bits per heavy atom. The third-order valence-corrected chi connectivity index (χ3v) is 3.10. The highest BCUT2D eigenvalue weighted by molar-refractivity contribution is 5.85. The molecule has 2 unspecified atom stereocenters. The molecule has 1 rings (SSSR count). The third-order valence-electron chi connectivity index (χ3n) is 3.10. The van der Waals surface area contributed by atoms with Crippen molar-refractivity contribution >= 4 is 11.9 Å². The van der Waals surface area contributed by atoms with Crippen molar-refractivity contribution in [1.82, 2.24) is 5.32 Å². The number of carbonyl (C=O) groups is 2. The van der Waals surface area contributed by atoms with Gasteiger partial charge in [-0.15, -0.1) is 0 Å². The van der Waals surface area contributed by atoms with Crippen LogP contribution in [-0.2, 0) is 9.59 Å². The van der Waals surface area contributed by atoms with E-state index in [0.29, 0.717) is 6.54 Å². The molecule has 16 heavy (non-hydrogen) atoms. The lowest BCUT2D eigenvalue weighted by atomic mass is 9.95. The molecule has 0 aromatic heterocycles. The van der Waals surface area contributed by atoms with E-state index in [1.165, 1.54) is 0 Å². The smallest absolute Gasteiger partial charge is 0.328 e. The number of hydrogen-bond acceptors (Lipinski definition) is 4. The predicted octanol–water partition coefficient (Wildman–Crippen LogP) is -1.08. The zero-order chi connectivity index (χ0) is 12.1. The lowest BCUT2D eigenvalue weighted by molar-refractivity contribution is -0.143. The zero-order valence-electron chi connectivity index (χ0n) is 9.06. The van der Waals surface area contributed by atoms with E-state index >= 15 is 0 Å². The van der Waals surface area contributed by atoms with E-state index < -0.39 is 18.6 Å². The summed E-state index contributed by atoms with van der Waals surface area (Å²) in [6, 6.07) is -1.22. The average molecular weight is 230 g/mol. The van der Waals surface area contributed by atoms with Crippen molar-refractivity contribution in [3.8, 4) is 0 Å². The van der Waals surface area contributed by atoms with Gasteiger partial charge in [-0.05, 0) is 25.3 Å². The molecule has 0 bridgehead atoms. The van der Waals surface area contributed by atoms with Gasteiger partial charge >= 0.3 is 5.97 Å². The number of aliphatic hydroxyl groups excluding tert-OH is 1. The fraction of sp³-hybridized carbons (Fsp3) is 0.800. The number of carboxylic acids is 1. The Balaban J connectivity index is 2.54. The standard InChI is InChI=1S/C10H18N2O4/c11-4-6-2-1-3-7(6)9(14)12-8(5-13)10(15)16/h6-8,13H,1-5,11H2,(H,12,14)(H,15,16)/t6?,7?,8-/m1/s1. The molecule has 0 aliphatic heterocycles. The van der Waals surface area contributed by atoms with Gasteiger partial charge in [-0.2, -0.15) is 0 Å². The average Bonchev–Trinajstić information content (AvgIpc) is 2.72. The molecule has 1 amide bonds. The van der Waals surface area contributed by atoms with Gasteiger partial charge in [0.15, 0.2) is 0 Å². The van der Waals surface area contributed by atoms with Gasteiger partial charge in [0.05, 0.1) is 6.61 Å². The Hall–Kier alpha value is -1.14. The van der Waals surface area contributed by atoms with Crippen LogP contribution in [0.2, 0.25) is 0 Å². The molecule has 5 N–H and O–H groups in total. The second kappa shape index (κ2) is 5.81. The van der Waals surface area contributed by atoms with Crippen LogP contribution < -0.4 is 11.1 Å². The highest BCUT2D eigenvalue weighted by Gasteiger charge is 2.33. The summed E-state index contributed by atoms with van der Waals surface area (Å²) in [6.07, 6.45) is 2.59. The Morgan fingerprint density at radius 3 is 2.62 bits per heavy atom. The van der Waals surface area contributed by atoms with Crippen LogP contribution in [-0.4, -0.2) is 41.3 Å². The maximum absolute atomic E-state index is 11.7. The van der Waals surface area contributed by atoms with Crippen molar-refractivity contribution < 1.29 is 19.8 Å². The Morgan fingerprint density at radius 2 is 2.12 bits per heavy atom. The van der Waals surface area contributed by atoms with Gasteiger partial charge in [0, 0.05) is 5.92 Å². The second-order valence-corrected chi connectivity index (χ2v) is 4.12. The number of carbonyl (C=O) groups excluding carboxylic acids is 1. The highest BCUT2D eigenvalue weighted by atomic mass is 16.4. The molecule has 0 radical (unpaired) electrons. The van der Waals surface area contributed by atoms with Crippen molar-refractivity contribution in [2.24, 2.45) is 17.6 Å². The molecule has 1 fully saturated rings. The molecule has 0 heterocycles. The van der Waals surface area contributed by atoms with Gasteiger partial charge in [-0.25, -0.2) is 4.79 Å². The van der Waals surface area contributed by atoms with Crippen LogP contribution in [0.25, 0.3) is 0 Å². The summed E-state index contributed by atoms with van der Waals surface area (Å²) in [6.45, 7) is -0.157. The monoisotopic (exact) mass is 230 g/mol. The fourth-order valence-electron chi connectivity index (χ4n) is 2.13. The maximum atomic E-state index is 11.7. The molecular formula is C10H18N2O4. The largest absolute Gasteiger partial charge is 0.480 e. The van der Waals surface area contributed by atoms with Gasteiger partial charge < -0.3 is 21.3 Å². The molecule has 3 atom stereocenters. The zero-order valence-corrected chi connectivity index (χ0v) is 9.06. The van der Waals surface area contributed by atoms with E-state index in [1.54, 1.807) is 0 Å². The van der Waals surface area contributed by atoms with E-state index in [9.17, 15) is 9.59 Å². The predicted molar refractivity (Wildman–Crippen MR) is 56.5 cm³/mol. The summed E-state index contributed by atoms with van der Waals surface area (Å²) < 4.78 is 0. The molecule has 1 saturated carbocycles. The highest BCUT2D eigenvalue weighted by Crippen LogP contribution is 2.30. The minimum atomic E-state index is -1.22. The molecule has 1 aliphatic carbocycles. The summed E-state index contributed by atoms with van der Waals surface area (Å²) in [5.74, 6) is -1.61. The number of nitrogens with two attached hydrogens (primary N) is 1. The van der Waals surface area contributed by atoms with E-state index in [4.69, 9.17) is 15.9 Å². The van der Waals surface area contributed by atoms with Crippen molar-refractivity contribution in [2.45, 2.75) is 25.3 Å². The molecule has 0 aromatic carbocycles. The first-order valence-corrected chi connectivity index (χ1v) is 5.44. The molecule has 92 valence electrons. The van der Waals surface area contributed by atoms with Crippen molar-refractivity contribution in [2.75, 3.05) is 13.2 Å². The second-order valence-electron chi connectivity index (χ2n) is 4.12. The molecule has 1 aliphatic rings. The van der Waals surface area contributed by atoms with Crippen molar-refractivity contribution in [3.05, 3.63) is 0 Å². The van der Waals surface area contributed by atoms with Crippen LogP contribution in [0, 0.1) is 11.8 Å². The van der Waals surface area contributed by atoms with Crippen LogP contribution >= 0.6 is 0 Å². The van der Waals surface area contributed by atoms with Gasteiger partial charge in [0.2, 0.25) is 5.91 Å². The number of aliphatic carboxylic acids is 1. The van der Waals surface area contributed by atoms with E-state index in [-0.39, 0.29) is 17.7 Å². The minimum absolute atomic E-state index is 0.133. The normalized spacial score (nSPS) is 26.4. The number of amides is 1. The summed E-state index contributed by atoms with van der Waals surface area (Å²) in [5.41, 5.74) is 5.54. The summed E-state index contributed by atoms with van der Waals surface area (Å²) in [4.78, 5) is 22.4. The summed E-state index contributed by atoms with van der Waals surface area (Å²) in [5, 5.41) is 19.8. The first-order valence-electron chi connectivity index (χ1n) is 5.44. The van der Waals surface area contributed by atoms with Crippen LogP contribution in [0.3, 0.4) is 0 Å². The quantitative estimate of drug-likeness (QED) is 0.480. The molecule has 6 nitrogen and oxygen atoms in total. The molecule has 0 saturated heterocycles. The third kappa shape index (κ3) is 2.93. The van der Waals surface area contributed by atoms with E-state index in [0.717, 1.165) is 19.3 Å². The first kappa shape index (κ1) is 12.9. The Kier molecular flexibility index (Phi) is 4.70. The Labute approximate surface area is 93.8 Å². The number of aliphatic hydroxyl groups is 1. The van der Waals surface area contributed by atoms with Gasteiger partial charge in [-0.3, -0.25) is 4.79 Å². The maximum Gasteiger partial charge on any atom is 0.328 e. The summed E-state index contributed by atoms with van der Waals surface area (Å²) >= 11 is 0. The molecule has 0 aromatic rings. The first-order chi connectivity index (χ1) is 7.60. The number of carboxylic acid groups (broad SMARTS) is 1. The molecule has 6 heteroatoms. The molecule has 0 spiro atoms. The van der Waals surface area contributed by atoms with Crippen LogP contribution in [0.15, 0.2) is 0 Å². The number of hydrogen-bond donors (Lipinski definition) is 4. The van der Waals surface area contributed by atoms with Crippen molar-refractivity contribution in [3.63, 3.8) is 0 Å². The SMILES string of the molecule is NCC1CCCC1C(=O)N[C@H](CO)C(=O)O. The topological polar surface area (TPSA) is 113 Å². The van der Waals surface area contributed by atoms with Gasteiger partial charge in [0.25, 0.3) is 0 Å². The lowest BCUT2D eigenvalue weighted by Crippen LogP contribution is -2.47. The van der Waals surface area contributed by atoms with Crippen molar-refractivity contribution in [1.29, 1.82) is 0 Å². The molecular weight excluding hydrogens is 212 g/mol. The van der Waals surface area contributed by atoms with Crippen LogP contribution in [0.4, 0.5) is 0 Å². The van der Waals surface area contributed by atoms with E-state index in [2.05, 4.69) is 5.32 Å². The van der Waals surface area contributed by atoms with Crippen LogP contribution in [0.1, 0.15) is 19.3 Å². The number of rotatable bonds is 5. The Bertz CT molecular complexity index is 270. The minimum Gasteiger partial charge on any atom is -0.480 e. The van der Waals surface area contributed by atoms with Gasteiger partial charge in [0.1, 0.15) is 6.04 Å². The number of nitrogens with one attached hydrogen (secondary N) is 1. The van der Waals surface area contributed by atoms with Gasteiger partial charge in [-0.1, -0.05) is 6.42 Å². The fourth-order valence-corrected chi connectivity index (χ4v) is 2.13. The summed E-state index contributed by atoms with van der Waals surface area (Å²) in [7, 11) is 0. The lowest BCUT2D eigenvalue weighted by Gasteiger charge is -2.19. The van der Waals surface area contributed by atoms with Crippen LogP contribution in [0.5, 0.6) is 0 Å².